The molecule has 1 rings (SSSR count). The highest BCUT2D eigenvalue weighted by Gasteiger charge is 2.08. The average molecular weight is 279 g/mol. The fourth-order valence-electron chi connectivity index (χ4n) is 1.37. The van der Waals surface area contributed by atoms with E-state index in [1.54, 1.807) is 0 Å². The van der Waals surface area contributed by atoms with Crippen LogP contribution in [0.5, 0.6) is 0 Å². The van der Waals surface area contributed by atoms with Crippen LogP contribution >= 0.6 is 12.4 Å². The Labute approximate surface area is 111 Å². The predicted octanol–water partition coefficient (Wildman–Crippen LogP) is 1.65. The molecule has 0 unspecified atom stereocenters. The third-order valence-corrected chi connectivity index (χ3v) is 2.24. The number of amides is 1. The van der Waals surface area contributed by atoms with Crippen LogP contribution in [0.1, 0.15) is 12.5 Å². The van der Waals surface area contributed by atoms with Crippen LogP contribution < -0.4 is 10.6 Å². The zero-order chi connectivity index (χ0) is 12.7. The van der Waals surface area contributed by atoms with Gasteiger partial charge in [-0.3, -0.25) is 4.79 Å². The van der Waals surface area contributed by atoms with Crippen molar-refractivity contribution in [2.75, 3.05) is 19.6 Å². The van der Waals surface area contributed by atoms with E-state index in [0.29, 0.717) is 13.1 Å². The summed E-state index contributed by atoms with van der Waals surface area (Å²) >= 11 is 0. The van der Waals surface area contributed by atoms with Crippen LogP contribution in [0.3, 0.4) is 0 Å². The molecule has 0 aliphatic rings. The lowest BCUT2D eigenvalue weighted by atomic mass is 10.1. The zero-order valence-corrected chi connectivity index (χ0v) is 10.9. The van der Waals surface area contributed by atoms with Crippen LogP contribution in [-0.4, -0.2) is 25.5 Å². The third-order valence-electron chi connectivity index (χ3n) is 2.24. The molecule has 0 aromatic heterocycles. The second-order valence-corrected chi connectivity index (χ2v) is 3.62. The van der Waals surface area contributed by atoms with Gasteiger partial charge in [0.1, 0.15) is 11.6 Å². The highest BCUT2D eigenvalue weighted by atomic mass is 35.5. The van der Waals surface area contributed by atoms with Crippen molar-refractivity contribution in [2.24, 2.45) is 0 Å². The van der Waals surface area contributed by atoms with Gasteiger partial charge in [-0.1, -0.05) is 13.0 Å². The molecule has 102 valence electrons. The third kappa shape index (κ3) is 5.93. The average Bonchev–Trinajstić information content (AvgIpc) is 2.28. The molecule has 0 bridgehead atoms. The second kappa shape index (κ2) is 8.83. The maximum Gasteiger partial charge on any atom is 0.224 e. The predicted molar refractivity (Wildman–Crippen MR) is 68.9 cm³/mol. The number of benzene rings is 1. The minimum Gasteiger partial charge on any atom is -0.355 e. The first kappa shape index (κ1) is 16.8. The van der Waals surface area contributed by atoms with Crippen LogP contribution in [0.2, 0.25) is 0 Å². The Hall–Kier alpha value is -1.20. The summed E-state index contributed by atoms with van der Waals surface area (Å²) in [6.07, 6.45) is -0.0712. The van der Waals surface area contributed by atoms with Crippen LogP contribution in [0.25, 0.3) is 0 Å². The fraction of sp³-hybridized carbons (Fsp3) is 0.417. The van der Waals surface area contributed by atoms with Crippen LogP contribution in [0.15, 0.2) is 18.2 Å². The number of halogens is 3. The molecule has 0 radical (unpaired) electrons. The molecular weight excluding hydrogens is 262 g/mol. The first-order chi connectivity index (χ1) is 8.13. The molecule has 0 aliphatic heterocycles. The lowest BCUT2D eigenvalue weighted by Crippen LogP contribution is -2.32. The van der Waals surface area contributed by atoms with Gasteiger partial charge in [0.2, 0.25) is 5.91 Å². The molecule has 1 amide bonds. The van der Waals surface area contributed by atoms with E-state index in [9.17, 15) is 13.6 Å². The van der Waals surface area contributed by atoms with Crippen molar-refractivity contribution in [3.63, 3.8) is 0 Å². The van der Waals surface area contributed by atoms with Gasteiger partial charge in [-0.2, -0.15) is 0 Å². The molecule has 1 aromatic carbocycles. The Bertz CT molecular complexity index is 388. The van der Waals surface area contributed by atoms with Gasteiger partial charge < -0.3 is 10.6 Å². The summed E-state index contributed by atoms with van der Waals surface area (Å²) in [4.78, 5) is 11.4. The number of carbonyl (C=O) groups excluding carboxylic acids is 1. The van der Waals surface area contributed by atoms with E-state index in [4.69, 9.17) is 0 Å². The first-order valence-electron chi connectivity index (χ1n) is 5.54. The van der Waals surface area contributed by atoms with Crippen molar-refractivity contribution in [1.82, 2.24) is 10.6 Å². The molecule has 0 saturated heterocycles. The van der Waals surface area contributed by atoms with E-state index in [0.717, 1.165) is 18.7 Å². The van der Waals surface area contributed by atoms with Gasteiger partial charge in [-0.05, 0) is 18.2 Å². The molecule has 0 atom stereocenters. The van der Waals surface area contributed by atoms with Crippen molar-refractivity contribution in [3.8, 4) is 0 Å². The van der Waals surface area contributed by atoms with Crippen molar-refractivity contribution in [2.45, 2.75) is 13.3 Å². The number of hydrogen-bond donors (Lipinski definition) is 2. The lowest BCUT2D eigenvalue weighted by molar-refractivity contribution is -0.120. The Balaban J connectivity index is 0.00000289. The van der Waals surface area contributed by atoms with Gasteiger partial charge in [-0.25, -0.2) is 8.78 Å². The normalized spacial score (nSPS) is 9.72. The largest absolute Gasteiger partial charge is 0.355 e. The van der Waals surface area contributed by atoms with Crippen LogP contribution in [0, 0.1) is 11.6 Å². The van der Waals surface area contributed by atoms with E-state index in [1.165, 1.54) is 6.07 Å². The second-order valence-electron chi connectivity index (χ2n) is 3.62. The molecule has 0 saturated carbocycles. The minimum absolute atomic E-state index is 0. The van der Waals surface area contributed by atoms with E-state index in [2.05, 4.69) is 10.6 Å². The molecule has 2 N–H and O–H groups in total. The zero-order valence-electron chi connectivity index (χ0n) is 10.1. The summed E-state index contributed by atoms with van der Waals surface area (Å²) in [5.41, 5.74) is 0.201. The van der Waals surface area contributed by atoms with Gasteiger partial charge in [0.05, 0.1) is 6.42 Å². The van der Waals surface area contributed by atoms with Crippen LogP contribution in [-0.2, 0) is 11.2 Å². The van der Waals surface area contributed by atoms with E-state index in [1.807, 2.05) is 6.92 Å². The standard InChI is InChI=1S/C12H16F2N2O.ClH/c1-2-15-5-6-16-12(17)7-9-3-4-10(13)8-11(9)14;/h3-4,8,15H,2,5-7H2,1H3,(H,16,17);1H. The Morgan fingerprint density at radius 2 is 2.00 bits per heavy atom. The summed E-state index contributed by atoms with van der Waals surface area (Å²) in [5, 5.41) is 5.69. The minimum atomic E-state index is -0.688. The van der Waals surface area contributed by atoms with Crippen LogP contribution in [0.4, 0.5) is 8.78 Å². The first-order valence-corrected chi connectivity index (χ1v) is 5.54. The van der Waals surface area contributed by atoms with Crippen molar-refractivity contribution < 1.29 is 13.6 Å². The smallest absolute Gasteiger partial charge is 0.224 e. The molecular formula is C12H17ClF2N2O. The molecule has 0 aliphatic carbocycles. The van der Waals surface area contributed by atoms with Gasteiger partial charge >= 0.3 is 0 Å². The summed E-state index contributed by atoms with van der Waals surface area (Å²) in [7, 11) is 0. The summed E-state index contributed by atoms with van der Waals surface area (Å²) < 4.78 is 25.8. The van der Waals surface area contributed by atoms with Crippen molar-refractivity contribution in [3.05, 3.63) is 35.4 Å². The molecule has 3 nitrogen and oxygen atoms in total. The van der Waals surface area contributed by atoms with Crippen molar-refractivity contribution >= 4 is 18.3 Å². The number of rotatable bonds is 6. The fourth-order valence-corrected chi connectivity index (χ4v) is 1.37. The van der Waals surface area contributed by atoms with Crippen molar-refractivity contribution in [1.29, 1.82) is 0 Å². The maximum absolute atomic E-state index is 13.2. The highest BCUT2D eigenvalue weighted by molar-refractivity contribution is 5.85. The number of nitrogens with one attached hydrogen (secondary N) is 2. The number of hydrogen-bond acceptors (Lipinski definition) is 2. The van der Waals surface area contributed by atoms with Gasteiger partial charge in [0.25, 0.3) is 0 Å². The number of likely N-dealkylation sites (N-methyl/N-ethyl adjacent to an activating group) is 1. The molecule has 18 heavy (non-hydrogen) atoms. The summed E-state index contributed by atoms with van der Waals surface area (Å²) in [6, 6.07) is 3.21. The van der Waals surface area contributed by atoms with E-state index >= 15 is 0 Å². The Morgan fingerprint density at radius 3 is 2.61 bits per heavy atom. The van der Waals surface area contributed by atoms with Gasteiger partial charge in [0, 0.05) is 19.2 Å². The molecule has 0 spiro atoms. The SMILES string of the molecule is CCNCCNC(=O)Cc1ccc(F)cc1F.Cl. The van der Waals surface area contributed by atoms with E-state index < -0.39 is 11.6 Å². The molecule has 0 fully saturated rings. The summed E-state index contributed by atoms with van der Waals surface area (Å²) in [5.74, 6) is -1.60. The van der Waals surface area contributed by atoms with Gasteiger partial charge in [-0.15, -0.1) is 12.4 Å². The topological polar surface area (TPSA) is 41.1 Å². The van der Waals surface area contributed by atoms with E-state index in [-0.39, 0.29) is 30.3 Å². The molecule has 1 aromatic rings. The molecule has 6 heteroatoms. The number of carbonyl (C=O) groups is 1. The van der Waals surface area contributed by atoms with Gasteiger partial charge in [0.15, 0.2) is 0 Å². The quantitative estimate of drug-likeness (QED) is 0.777. The monoisotopic (exact) mass is 278 g/mol. The summed E-state index contributed by atoms with van der Waals surface area (Å²) in [6.45, 7) is 3.97. The maximum atomic E-state index is 13.2. The lowest BCUT2D eigenvalue weighted by Gasteiger charge is -2.06. The Morgan fingerprint density at radius 1 is 1.28 bits per heavy atom. The molecule has 0 heterocycles. The Kier molecular flexibility index (Phi) is 8.24. The highest BCUT2D eigenvalue weighted by Crippen LogP contribution is 2.09.